The van der Waals surface area contributed by atoms with Crippen LogP contribution in [0.2, 0.25) is 0 Å². The van der Waals surface area contributed by atoms with Crippen molar-refractivity contribution in [3.8, 4) is 0 Å². The van der Waals surface area contributed by atoms with Crippen molar-refractivity contribution in [2.75, 3.05) is 0 Å². The normalized spacial score (nSPS) is 10.2. The van der Waals surface area contributed by atoms with E-state index in [1.807, 2.05) is 30.3 Å². The molecule has 0 spiro atoms. The van der Waals surface area contributed by atoms with Gasteiger partial charge >= 0.3 is 8.03 Å². The molecule has 0 fully saturated rings. The van der Waals surface area contributed by atoms with Crippen molar-refractivity contribution in [1.82, 2.24) is 0 Å². The van der Waals surface area contributed by atoms with Crippen LogP contribution in [0.25, 0.3) is 0 Å². The second kappa shape index (κ2) is 7.54. The quantitative estimate of drug-likeness (QED) is 0.660. The second-order valence-electron chi connectivity index (χ2n) is 3.85. The fourth-order valence-corrected chi connectivity index (χ4v) is 1.69. The predicted octanol–water partition coefficient (Wildman–Crippen LogP) is 1.18. The monoisotopic (exact) mass is 276 g/mol. The smallest absolute Gasteiger partial charge is 0.348 e. The summed E-state index contributed by atoms with van der Waals surface area (Å²) in [5.41, 5.74) is 5.32. The molecule has 0 heterocycles. The Balaban J connectivity index is 0.000000218. The lowest BCUT2D eigenvalue weighted by atomic mass is 10.2. The minimum absolute atomic E-state index is 0.0670. The first kappa shape index (κ1) is 15.2. The number of quaternary nitrogens is 1. The molecule has 0 aromatic heterocycles. The molecule has 1 atom stereocenters. The highest BCUT2D eigenvalue weighted by atomic mass is 31.1. The molecule has 2 aromatic carbocycles. The van der Waals surface area contributed by atoms with Gasteiger partial charge < -0.3 is 10.6 Å². The number of ketones is 1. The minimum Gasteiger partial charge on any atom is -0.591 e. The average molecular weight is 276 g/mol. The molecule has 2 rings (SSSR count). The summed E-state index contributed by atoms with van der Waals surface area (Å²) >= 11 is 0. The highest BCUT2D eigenvalue weighted by molar-refractivity contribution is 7.45. The van der Waals surface area contributed by atoms with Crippen molar-refractivity contribution in [3.63, 3.8) is 0 Å². The van der Waals surface area contributed by atoms with Crippen molar-refractivity contribution >= 4 is 24.8 Å². The van der Waals surface area contributed by atoms with E-state index >= 15 is 0 Å². The van der Waals surface area contributed by atoms with Gasteiger partial charge in [0.15, 0.2) is 11.1 Å². The molecule has 0 aliphatic rings. The Morgan fingerprint density at radius 2 is 1.58 bits per heavy atom. The number of rotatable bonds is 2. The first-order valence-electron chi connectivity index (χ1n) is 5.63. The Hall–Kier alpha value is -1.87. The van der Waals surface area contributed by atoms with Crippen molar-refractivity contribution in [1.29, 1.82) is 0 Å². The fraction of sp³-hybridized carbons (Fsp3) is 0.0714. The summed E-state index contributed by atoms with van der Waals surface area (Å²) in [7, 11) is -2.54. The van der Waals surface area contributed by atoms with Gasteiger partial charge in [-0.05, 0) is 43.3 Å². The van der Waals surface area contributed by atoms with Crippen molar-refractivity contribution in [3.05, 3.63) is 60.2 Å². The van der Waals surface area contributed by atoms with Gasteiger partial charge in [0.1, 0.15) is 5.69 Å². The third kappa shape index (κ3) is 5.53. The Bertz CT molecular complexity index is 520. The fourth-order valence-electron chi connectivity index (χ4n) is 1.30. The maximum Gasteiger partial charge on any atom is 0.348 e. The van der Waals surface area contributed by atoms with E-state index < -0.39 is 8.03 Å². The lowest BCUT2D eigenvalue weighted by Crippen LogP contribution is -2.39. The highest BCUT2D eigenvalue weighted by Gasteiger charge is 2.06. The molecule has 5 heteroatoms. The maximum absolute atomic E-state index is 10.8. The lowest BCUT2D eigenvalue weighted by Gasteiger charge is -1.93. The third-order valence-corrected chi connectivity index (χ3v) is 3.05. The Morgan fingerprint density at radius 3 is 1.89 bits per heavy atom. The van der Waals surface area contributed by atoms with Crippen LogP contribution in [-0.4, -0.2) is 5.78 Å². The zero-order valence-electron chi connectivity index (χ0n) is 10.6. The van der Waals surface area contributed by atoms with E-state index in [4.69, 9.17) is 0 Å². The van der Waals surface area contributed by atoms with Crippen LogP contribution in [0.4, 0.5) is 5.69 Å². The van der Waals surface area contributed by atoms with E-state index in [0.29, 0.717) is 5.56 Å². The standard InChI is InChI=1S/C8H7O3P.C6H7N/c1-6(9)7-2-4-8(5-3-7)12(10)11;7-6-4-2-1-3-5-6/h2-5H,1H3;1-5H,7H2/p+1. The molecule has 0 aliphatic carbocycles. The predicted molar refractivity (Wildman–Crippen MR) is 72.7 cm³/mol. The van der Waals surface area contributed by atoms with E-state index in [-0.39, 0.29) is 11.1 Å². The van der Waals surface area contributed by atoms with Crippen LogP contribution in [0.1, 0.15) is 17.3 Å². The van der Waals surface area contributed by atoms with Crippen molar-refractivity contribution < 1.29 is 20.0 Å². The Morgan fingerprint density at radius 1 is 1.05 bits per heavy atom. The maximum atomic E-state index is 10.8. The van der Waals surface area contributed by atoms with Gasteiger partial charge in [0.25, 0.3) is 0 Å². The summed E-state index contributed by atoms with van der Waals surface area (Å²) in [6.45, 7) is 1.44. The SMILES string of the molecule is CC(=O)c1ccc([P+](=O)[O-])cc1.[NH3+]c1ccccc1. The Labute approximate surface area is 112 Å². The van der Waals surface area contributed by atoms with Gasteiger partial charge in [-0.1, -0.05) is 22.8 Å². The lowest BCUT2D eigenvalue weighted by molar-refractivity contribution is -0.254. The zero-order valence-corrected chi connectivity index (χ0v) is 11.5. The summed E-state index contributed by atoms with van der Waals surface area (Å²) in [4.78, 5) is 21.2. The van der Waals surface area contributed by atoms with Gasteiger partial charge in [-0.2, -0.15) is 0 Å². The molecular weight excluding hydrogens is 261 g/mol. The number of hydrogen-bond acceptors (Lipinski definition) is 3. The van der Waals surface area contributed by atoms with Crippen LogP contribution < -0.4 is 15.9 Å². The van der Waals surface area contributed by atoms with Crippen LogP contribution in [0.15, 0.2) is 54.6 Å². The third-order valence-electron chi connectivity index (χ3n) is 2.33. The van der Waals surface area contributed by atoms with E-state index in [1.165, 1.54) is 31.2 Å². The van der Waals surface area contributed by atoms with Gasteiger partial charge in [-0.25, -0.2) is 0 Å². The number of benzene rings is 2. The molecule has 2 aromatic rings. The van der Waals surface area contributed by atoms with E-state index in [2.05, 4.69) is 5.73 Å². The van der Waals surface area contributed by atoms with Gasteiger partial charge in [0, 0.05) is 5.56 Å². The van der Waals surface area contributed by atoms with E-state index in [1.54, 1.807) is 0 Å². The first-order valence-corrected chi connectivity index (χ1v) is 6.81. The number of Topliss-reactive ketones (excluding diaryl/α,β-unsaturated/α-hetero) is 1. The van der Waals surface area contributed by atoms with Crippen LogP contribution in [0.3, 0.4) is 0 Å². The van der Waals surface area contributed by atoms with Crippen molar-refractivity contribution in [2.24, 2.45) is 0 Å². The number of hydrogen-bond donors (Lipinski definition) is 1. The minimum atomic E-state index is -2.54. The summed E-state index contributed by atoms with van der Waals surface area (Å²) in [5.74, 6) is -0.0670. The molecule has 0 aliphatic heterocycles. The molecule has 0 radical (unpaired) electrons. The van der Waals surface area contributed by atoms with Crippen molar-refractivity contribution in [2.45, 2.75) is 6.92 Å². The highest BCUT2D eigenvalue weighted by Crippen LogP contribution is 2.08. The number of carbonyl (C=O) groups excluding carboxylic acids is 1. The van der Waals surface area contributed by atoms with E-state index in [0.717, 1.165) is 5.69 Å². The molecule has 0 saturated carbocycles. The van der Waals surface area contributed by atoms with Gasteiger partial charge in [0.05, 0.1) is 0 Å². The zero-order chi connectivity index (χ0) is 14.3. The summed E-state index contributed by atoms with van der Waals surface area (Å²) in [6.07, 6.45) is 0. The van der Waals surface area contributed by atoms with Crippen LogP contribution >= 0.6 is 8.03 Å². The molecule has 98 valence electrons. The molecule has 4 nitrogen and oxygen atoms in total. The Kier molecular flexibility index (Phi) is 6.03. The van der Waals surface area contributed by atoms with Crippen LogP contribution in [0, 0.1) is 0 Å². The molecule has 19 heavy (non-hydrogen) atoms. The van der Waals surface area contributed by atoms with E-state index in [9.17, 15) is 14.3 Å². The van der Waals surface area contributed by atoms with Crippen LogP contribution in [-0.2, 0) is 4.57 Å². The van der Waals surface area contributed by atoms with Gasteiger partial charge in [-0.3, -0.25) is 4.79 Å². The molecule has 0 amide bonds. The summed E-state index contributed by atoms with van der Waals surface area (Å²) in [6, 6.07) is 15.7. The van der Waals surface area contributed by atoms with Crippen LogP contribution in [0.5, 0.6) is 0 Å². The topological polar surface area (TPSA) is 84.8 Å². The molecule has 3 N–H and O–H groups in total. The molecule has 1 unspecified atom stereocenters. The second-order valence-corrected chi connectivity index (χ2v) is 4.88. The molecule has 0 bridgehead atoms. The molecule has 0 saturated heterocycles. The number of carbonyl (C=O) groups is 1. The summed E-state index contributed by atoms with van der Waals surface area (Å²) < 4.78 is 10.4. The molecular formula is C14H15NO3P+. The summed E-state index contributed by atoms with van der Waals surface area (Å²) in [5, 5.41) is 0.231. The average Bonchev–Trinajstić information content (AvgIpc) is 2.40. The first-order chi connectivity index (χ1) is 9.00. The largest absolute Gasteiger partial charge is 0.591 e. The van der Waals surface area contributed by atoms with Gasteiger partial charge in [0.2, 0.25) is 0 Å². The van der Waals surface area contributed by atoms with Gasteiger partial charge in [-0.15, -0.1) is 0 Å².